The lowest BCUT2D eigenvalue weighted by Gasteiger charge is -2.25. The minimum Gasteiger partial charge on any atom is -0.201 e. The van der Waals surface area contributed by atoms with E-state index in [1.54, 1.807) is 0 Å². The van der Waals surface area contributed by atoms with Crippen LogP contribution in [0.5, 0.6) is 0 Å². The van der Waals surface area contributed by atoms with Crippen molar-refractivity contribution in [1.82, 2.24) is 0 Å². The number of rotatable bonds is 2. The molecule has 0 bridgehead atoms. The van der Waals surface area contributed by atoms with Crippen LogP contribution in [0.25, 0.3) is 66.9 Å². The Kier molecular flexibility index (Phi) is 5.30. The van der Waals surface area contributed by atoms with Crippen molar-refractivity contribution in [2.45, 2.75) is 6.92 Å². The number of fused-ring (bicyclic) bond motifs is 8. The van der Waals surface area contributed by atoms with Crippen molar-refractivity contribution < 1.29 is 4.57 Å². The summed E-state index contributed by atoms with van der Waals surface area (Å²) in [5.41, 5.74) is 16.4. The van der Waals surface area contributed by atoms with Gasteiger partial charge < -0.3 is 0 Å². The number of pyridine rings is 1. The van der Waals surface area contributed by atoms with Crippen LogP contribution in [0.1, 0.15) is 5.56 Å². The molecule has 1 nitrogen and oxygen atoms in total. The number of nitrogens with zero attached hydrogens (tertiary/aromatic N) is 1. The molecule has 38 heavy (non-hydrogen) atoms. The SMILES string of the molecule is Cc1ccc2c(c1-c1cc(-c3ccccc3)cc[n+]1C)-c1ccccc1-c1ccccc1-c1ccccc1-2. The highest BCUT2D eigenvalue weighted by Crippen LogP contribution is 2.50. The largest absolute Gasteiger partial charge is 0.213 e. The fraction of sp³-hybridized carbons (Fsp3) is 0.0541. The molecular formula is C37H28N+. The molecule has 1 aromatic heterocycles. The third-order valence-corrected chi connectivity index (χ3v) is 7.85. The highest BCUT2D eigenvalue weighted by atomic mass is 14.9. The molecule has 1 aliphatic carbocycles. The fourth-order valence-corrected chi connectivity index (χ4v) is 6.01. The molecule has 0 amide bonds. The van der Waals surface area contributed by atoms with Gasteiger partial charge in [-0.05, 0) is 62.6 Å². The van der Waals surface area contributed by atoms with Gasteiger partial charge in [-0.15, -0.1) is 0 Å². The van der Waals surface area contributed by atoms with Gasteiger partial charge in [-0.2, -0.15) is 0 Å². The monoisotopic (exact) mass is 486 g/mol. The van der Waals surface area contributed by atoms with Crippen LogP contribution in [0.4, 0.5) is 0 Å². The second-order valence-electron chi connectivity index (χ2n) is 10.1. The lowest BCUT2D eigenvalue weighted by atomic mass is 9.78. The minimum atomic E-state index is 1.21. The van der Waals surface area contributed by atoms with Crippen molar-refractivity contribution in [2.24, 2.45) is 7.05 Å². The zero-order valence-electron chi connectivity index (χ0n) is 21.6. The standard InChI is InChI=1S/C37H28N/c1-25-20-21-34-32-18-9-8-16-30(32)28-14-6-7-15-29(28)31-17-10-11-19-33(31)37(34)36(25)35-24-27(22-23-38(35)2)26-12-4-3-5-13-26/h3-24H,1-2H3/q+1. The molecule has 6 aromatic rings. The lowest BCUT2D eigenvalue weighted by molar-refractivity contribution is -0.660. The molecule has 5 aromatic carbocycles. The topological polar surface area (TPSA) is 3.88 Å². The van der Waals surface area contributed by atoms with Gasteiger partial charge in [0.1, 0.15) is 7.05 Å². The van der Waals surface area contributed by atoms with E-state index in [0.29, 0.717) is 0 Å². The molecule has 0 atom stereocenters. The molecule has 0 aliphatic heterocycles. The quantitative estimate of drug-likeness (QED) is 0.215. The van der Waals surface area contributed by atoms with Crippen molar-refractivity contribution in [3.63, 3.8) is 0 Å². The van der Waals surface area contributed by atoms with E-state index in [-0.39, 0.29) is 0 Å². The average Bonchev–Trinajstić information content (AvgIpc) is 2.97. The maximum absolute atomic E-state index is 2.35. The van der Waals surface area contributed by atoms with Crippen LogP contribution in [0.2, 0.25) is 0 Å². The van der Waals surface area contributed by atoms with Gasteiger partial charge >= 0.3 is 0 Å². The smallest absolute Gasteiger partial charge is 0.201 e. The van der Waals surface area contributed by atoms with E-state index in [1.807, 2.05) is 0 Å². The highest BCUT2D eigenvalue weighted by molar-refractivity contribution is 6.07. The molecule has 0 spiro atoms. The molecule has 1 heterocycles. The average molecular weight is 487 g/mol. The maximum Gasteiger partial charge on any atom is 0.213 e. The molecule has 180 valence electrons. The van der Waals surface area contributed by atoms with E-state index < -0.39 is 0 Å². The van der Waals surface area contributed by atoms with Crippen LogP contribution in [-0.2, 0) is 7.05 Å². The first-order valence-electron chi connectivity index (χ1n) is 13.2. The third-order valence-electron chi connectivity index (χ3n) is 7.85. The van der Waals surface area contributed by atoms with Crippen LogP contribution < -0.4 is 4.57 Å². The molecule has 0 N–H and O–H groups in total. The van der Waals surface area contributed by atoms with Gasteiger partial charge in [0, 0.05) is 17.7 Å². The Morgan fingerprint density at radius 2 is 0.921 bits per heavy atom. The first kappa shape index (κ1) is 22.4. The summed E-state index contributed by atoms with van der Waals surface area (Å²) in [6.07, 6.45) is 2.19. The molecule has 0 fully saturated rings. The normalized spacial score (nSPS) is 11.4. The van der Waals surface area contributed by atoms with E-state index in [9.17, 15) is 0 Å². The second kappa shape index (κ2) is 8.97. The van der Waals surface area contributed by atoms with Gasteiger partial charge in [0.05, 0.1) is 5.56 Å². The number of aromatic nitrogens is 1. The summed E-state index contributed by atoms with van der Waals surface area (Å²) in [4.78, 5) is 0. The van der Waals surface area contributed by atoms with Crippen LogP contribution in [0.3, 0.4) is 0 Å². The molecule has 1 heteroatoms. The third kappa shape index (κ3) is 3.51. The number of benzene rings is 5. The summed E-state index contributed by atoms with van der Waals surface area (Å²) in [5, 5.41) is 0. The van der Waals surface area contributed by atoms with Gasteiger partial charge in [-0.25, -0.2) is 4.57 Å². The zero-order chi connectivity index (χ0) is 25.6. The minimum absolute atomic E-state index is 1.21. The Morgan fingerprint density at radius 3 is 1.53 bits per heavy atom. The molecule has 0 saturated heterocycles. The number of aryl methyl sites for hydroxylation is 2. The van der Waals surface area contributed by atoms with E-state index in [4.69, 9.17) is 0 Å². The van der Waals surface area contributed by atoms with E-state index in [0.717, 1.165) is 0 Å². The Hall–Kier alpha value is -4.75. The summed E-state index contributed by atoms with van der Waals surface area (Å²) in [6.45, 7) is 2.24. The second-order valence-corrected chi connectivity index (χ2v) is 10.1. The summed E-state index contributed by atoms with van der Waals surface area (Å²) < 4.78 is 2.26. The highest BCUT2D eigenvalue weighted by Gasteiger charge is 2.27. The Balaban J connectivity index is 1.62. The van der Waals surface area contributed by atoms with Gasteiger partial charge in [0.15, 0.2) is 6.20 Å². The Morgan fingerprint density at radius 1 is 0.421 bits per heavy atom. The molecular weight excluding hydrogens is 458 g/mol. The number of hydrogen-bond donors (Lipinski definition) is 0. The van der Waals surface area contributed by atoms with Crippen molar-refractivity contribution >= 4 is 0 Å². The molecule has 7 rings (SSSR count). The van der Waals surface area contributed by atoms with E-state index in [1.165, 1.54) is 72.5 Å². The first-order chi connectivity index (χ1) is 18.7. The zero-order valence-corrected chi connectivity index (χ0v) is 21.6. The molecule has 0 saturated carbocycles. The van der Waals surface area contributed by atoms with Crippen LogP contribution in [0.15, 0.2) is 134 Å². The maximum atomic E-state index is 2.35. The van der Waals surface area contributed by atoms with E-state index >= 15 is 0 Å². The lowest BCUT2D eigenvalue weighted by Crippen LogP contribution is -2.30. The van der Waals surface area contributed by atoms with Gasteiger partial charge in [-0.3, -0.25) is 0 Å². The summed E-state index contributed by atoms with van der Waals surface area (Å²) in [7, 11) is 2.15. The van der Waals surface area contributed by atoms with Gasteiger partial charge in [-0.1, -0.05) is 115 Å². The molecule has 1 aliphatic rings. The van der Waals surface area contributed by atoms with E-state index in [2.05, 4.69) is 152 Å². The van der Waals surface area contributed by atoms with Gasteiger partial charge in [0.2, 0.25) is 5.69 Å². The predicted octanol–water partition coefficient (Wildman–Crippen LogP) is 9.13. The summed E-state index contributed by atoms with van der Waals surface area (Å²) in [5.74, 6) is 0. The number of hydrogen-bond acceptors (Lipinski definition) is 0. The van der Waals surface area contributed by atoms with Crippen molar-refractivity contribution in [3.05, 3.63) is 139 Å². The summed E-state index contributed by atoms with van der Waals surface area (Å²) >= 11 is 0. The van der Waals surface area contributed by atoms with Crippen molar-refractivity contribution in [3.8, 4) is 66.9 Å². The van der Waals surface area contributed by atoms with Crippen LogP contribution in [-0.4, -0.2) is 0 Å². The van der Waals surface area contributed by atoms with Crippen molar-refractivity contribution in [2.75, 3.05) is 0 Å². The first-order valence-corrected chi connectivity index (χ1v) is 13.2. The predicted molar refractivity (Wildman–Crippen MR) is 159 cm³/mol. The molecule has 0 unspecified atom stereocenters. The van der Waals surface area contributed by atoms with Crippen LogP contribution >= 0.6 is 0 Å². The Labute approximate surface area is 224 Å². The fourth-order valence-electron chi connectivity index (χ4n) is 6.01. The van der Waals surface area contributed by atoms with Crippen molar-refractivity contribution in [1.29, 1.82) is 0 Å². The Bertz CT molecular complexity index is 1820. The van der Waals surface area contributed by atoms with Crippen LogP contribution in [0, 0.1) is 6.92 Å². The molecule has 0 radical (unpaired) electrons. The summed E-state index contributed by atoms with van der Waals surface area (Å²) in [6, 6.07) is 46.4. The van der Waals surface area contributed by atoms with Gasteiger partial charge in [0.25, 0.3) is 0 Å².